The number of Topliss-reactive ketones (excluding diaryl/α,β-unsaturated/α-hetero) is 1. The van der Waals surface area contributed by atoms with Crippen molar-refractivity contribution in [2.24, 2.45) is 16.6 Å². The Bertz CT molecular complexity index is 1840. The lowest BCUT2D eigenvalue weighted by atomic mass is 9.84. The summed E-state index contributed by atoms with van der Waals surface area (Å²) in [5.74, 6) is -1.79. The van der Waals surface area contributed by atoms with Crippen LogP contribution in [0.2, 0.25) is 0 Å². The van der Waals surface area contributed by atoms with Crippen LogP contribution in [0.15, 0.2) is 30.5 Å². The third-order valence-corrected chi connectivity index (χ3v) is 9.47. The van der Waals surface area contributed by atoms with Crippen LogP contribution in [0.1, 0.15) is 86.4 Å². The van der Waals surface area contributed by atoms with E-state index < -0.39 is 47.2 Å². The largest absolute Gasteiger partial charge is 0.460 e. The second-order valence-corrected chi connectivity index (χ2v) is 19.2. The van der Waals surface area contributed by atoms with Crippen LogP contribution in [0.5, 0.6) is 0 Å². The molecule has 0 aliphatic carbocycles. The molecule has 2 unspecified atom stereocenters. The normalized spacial score (nSPS) is 12.8. The highest BCUT2D eigenvalue weighted by Gasteiger charge is 2.33. The number of carbonyl (C=O) groups is 6. The van der Waals surface area contributed by atoms with Crippen molar-refractivity contribution in [3.8, 4) is 0 Å². The van der Waals surface area contributed by atoms with Gasteiger partial charge in [0.05, 0.1) is 89.8 Å². The van der Waals surface area contributed by atoms with Crippen molar-refractivity contribution >= 4 is 41.2 Å². The van der Waals surface area contributed by atoms with Gasteiger partial charge in [-0.2, -0.15) is 0 Å². The molecule has 0 saturated heterocycles. The number of nitrogens with one attached hydrogen (secondary N) is 5. The van der Waals surface area contributed by atoms with Crippen LogP contribution < -0.4 is 32.3 Å². The molecule has 390 valence electrons. The van der Waals surface area contributed by atoms with E-state index in [9.17, 15) is 28.8 Å². The molecule has 22 heteroatoms. The lowest BCUT2D eigenvalue weighted by molar-refractivity contribution is -0.154. The molecule has 22 nitrogen and oxygen atoms in total. The first-order valence-corrected chi connectivity index (χ1v) is 23.4. The summed E-state index contributed by atoms with van der Waals surface area (Å²) in [5, 5.41) is 22.3. The number of amides is 5. The van der Waals surface area contributed by atoms with Crippen LogP contribution >= 0.6 is 0 Å². The van der Waals surface area contributed by atoms with E-state index in [0.717, 1.165) is 11.3 Å². The number of ketones is 1. The number of hydrogen-bond donors (Lipinski definition) is 6. The Morgan fingerprint density at radius 1 is 0.667 bits per heavy atom. The molecular weight excluding hydrogens is 899 g/mol. The topological polar surface area (TPSA) is 284 Å². The molecule has 5 amide bonds. The number of primary amides is 1. The lowest BCUT2D eigenvalue weighted by Gasteiger charge is -2.31. The molecule has 7 N–H and O–H groups in total. The van der Waals surface area contributed by atoms with Crippen LogP contribution in [0, 0.1) is 10.8 Å². The van der Waals surface area contributed by atoms with Crippen molar-refractivity contribution < 1.29 is 61.9 Å². The maximum absolute atomic E-state index is 13.1. The van der Waals surface area contributed by atoms with E-state index >= 15 is 0 Å². The Morgan fingerprint density at radius 2 is 1.23 bits per heavy atom. The van der Waals surface area contributed by atoms with E-state index in [1.807, 2.05) is 47.7 Å². The number of hydrogen-bond acceptors (Lipinski definition) is 16. The van der Waals surface area contributed by atoms with Crippen molar-refractivity contribution in [1.82, 2.24) is 36.3 Å². The fraction of sp³-hybridized carbons (Fsp3) is 0.702. The molecule has 2 aromatic rings. The molecule has 1 aromatic carbocycles. The van der Waals surface area contributed by atoms with E-state index in [1.54, 1.807) is 49.7 Å². The van der Waals surface area contributed by atoms with Gasteiger partial charge in [0.1, 0.15) is 25.9 Å². The summed E-state index contributed by atoms with van der Waals surface area (Å²) in [7, 11) is 0. The van der Waals surface area contributed by atoms with E-state index in [-0.39, 0.29) is 62.7 Å². The van der Waals surface area contributed by atoms with Crippen molar-refractivity contribution in [1.29, 1.82) is 0 Å². The summed E-state index contributed by atoms with van der Waals surface area (Å²) in [6, 6.07) is 4.64. The van der Waals surface area contributed by atoms with E-state index in [2.05, 4.69) is 36.9 Å². The number of carbonyl (C=O) groups excluding carboxylic acids is 6. The predicted molar refractivity (Wildman–Crippen MR) is 256 cm³/mol. The third-order valence-electron chi connectivity index (χ3n) is 9.47. The number of esters is 1. The van der Waals surface area contributed by atoms with Gasteiger partial charge in [0.2, 0.25) is 17.7 Å². The summed E-state index contributed by atoms with van der Waals surface area (Å²) >= 11 is 0. The fourth-order valence-corrected chi connectivity index (χ4v) is 6.00. The van der Waals surface area contributed by atoms with Gasteiger partial charge in [0.25, 0.3) is 0 Å². The first-order chi connectivity index (χ1) is 32.5. The Kier molecular flexibility index (Phi) is 27.8. The molecule has 0 aliphatic rings. The highest BCUT2D eigenvalue weighted by Crippen LogP contribution is 2.21. The van der Waals surface area contributed by atoms with E-state index in [0.29, 0.717) is 84.5 Å². The number of benzene rings is 1. The average molecular weight is 978 g/mol. The smallest absolute Gasteiger partial charge is 0.312 e. The fourth-order valence-electron chi connectivity index (χ4n) is 6.00. The van der Waals surface area contributed by atoms with Crippen LogP contribution in [0.25, 0.3) is 0 Å². The molecule has 0 bridgehead atoms. The lowest BCUT2D eigenvalue weighted by Crippen LogP contribution is -2.51. The SMILES string of the molecule is CC(C)(C)NC(Cc1cn(CCOCCOCCOCCOCCOCCNC(=O)COCC(=O)NC(CCCNC(N)=O)C(=O)Nc2ccc(COC(=O)C(C)(C)C)cc2)nn1)C(=O)C(C)(C)C. The van der Waals surface area contributed by atoms with Crippen LogP contribution in [0.4, 0.5) is 10.5 Å². The molecular formula is C47H79N9O13. The van der Waals surface area contributed by atoms with Gasteiger partial charge in [-0.05, 0) is 72.1 Å². The van der Waals surface area contributed by atoms with Gasteiger partial charge in [0.15, 0.2) is 5.78 Å². The minimum atomic E-state index is -0.988. The quantitative estimate of drug-likeness (QED) is 0.0426. The zero-order valence-electron chi connectivity index (χ0n) is 42.2. The number of nitrogens with zero attached hydrogens (tertiary/aromatic N) is 3. The highest BCUT2D eigenvalue weighted by atomic mass is 16.6. The van der Waals surface area contributed by atoms with Crippen LogP contribution in [-0.2, 0) is 76.7 Å². The third kappa shape index (κ3) is 28.9. The molecule has 0 saturated carbocycles. The number of anilines is 1. The molecule has 2 atom stereocenters. The highest BCUT2D eigenvalue weighted by molar-refractivity contribution is 5.97. The molecule has 2 rings (SSSR count). The second-order valence-electron chi connectivity index (χ2n) is 19.2. The molecule has 0 fully saturated rings. The summed E-state index contributed by atoms with van der Waals surface area (Å²) in [4.78, 5) is 74.2. The maximum atomic E-state index is 13.1. The first kappa shape index (κ1) is 60.0. The van der Waals surface area contributed by atoms with Crippen LogP contribution in [0.3, 0.4) is 0 Å². The van der Waals surface area contributed by atoms with Gasteiger partial charge in [0, 0.05) is 42.3 Å². The van der Waals surface area contributed by atoms with Crippen LogP contribution in [-0.4, -0.2) is 160 Å². The molecule has 0 aliphatic heterocycles. The summed E-state index contributed by atoms with van der Waals surface area (Å²) in [6.45, 7) is 21.1. The van der Waals surface area contributed by atoms with Crippen molar-refractivity contribution in [3.05, 3.63) is 41.7 Å². The Morgan fingerprint density at radius 3 is 1.78 bits per heavy atom. The van der Waals surface area contributed by atoms with Gasteiger partial charge < -0.3 is 65.5 Å². The van der Waals surface area contributed by atoms with Gasteiger partial charge >= 0.3 is 12.0 Å². The summed E-state index contributed by atoms with van der Waals surface area (Å²) in [6.07, 6.45) is 2.81. The van der Waals surface area contributed by atoms with Gasteiger partial charge in [-0.15, -0.1) is 5.10 Å². The zero-order valence-corrected chi connectivity index (χ0v) is 42.2. The Hall–Kier alpha value is -5.10. The standard InChI is InChI=1S/C47H79N9O13/c1-45(2,3)41(59)38(53-47(7,8)9)29-36-30-56(55-54-36)18-20-64-22-24-66-26-28-67-27-25-65-23-21-63-19-17-49-39(57)32-68-33-40(58)52-37(11-10-16-50-44(48)62)42(60)51-35-14-12-34(13-15-35)31-69-43(61)46(4,5)6/h12-15,30,37-38,53H,10-11,16-29,31-33H2,1-9H3,(H,49,57)(H,51,60)(H,52,58)(H3,48,50,62). The van der Waals surface area contributed by atoms with Crippen molar-refractivity contribution in [2.45, 2.75) is 112 Å². The average Bonchev–Trinajstić information content (AvgIpc) is 3.71. The number of aromatic nitrogens is 3. The number of rotatable bonds is 35. The maximum Gasteiger partial charge on any atom is 0.312 e. The molecule has 0 spiro atoms. The molecule has 1 aromatic heterocycles. The van der Waals surface area contributed by atoms with Crippen molar-refractivity contribution in [3.63, 3.8) is 0 Å². The number of nitrogens with two attached hydrogens (primary N) is 1. The predicted octanol–water partition coefficient (Wildman–Crippen LogP) is 2.07. The van der Waals surface area contributed by atoms with Gasteiger partial charge in [-0.1, -0.05) is 38.1 Å². The zero-order chi connectivity index (χ0) is 51.3. The van der Waals surface area contributed by atoms with Crippen molar-refractivity contribution in [2.75, 3.05) is 97.7 Å². The number of urea groups is 1. The molecule has 1 heterocycles. The Labute approximate surface area is 406 Å². The minimum Gasteiger partial charge on any atom is -0.460 e. The van der Waals surface area contributed by atoms with E-state index in [1.165, 1.54) is 0 Å². The summed E-state index contributed by atoms with van der Waals surface area (Å²) < 4.78 is 40.0. The summed E-state index contributed by atoms with van der Waals surface area (Å²) in [5.41, 5.74) is 5.71. The molecule has 0 radical (unpaired) electrons. The number of ether oxygens (including phenoxy) is 7. The van der Waals surface area contributed by atoms with E-state index in [4.69, 9.17) is 38.9 Å². The first-order valence-electron chi connectivity index (χ1n) is 23.4. The van der Waals surface area contributed by atoms with Gasteiger partial charge in [-0.25, -0.2) is 9.48 Å². The Balaban J connectivity index is 1.49. The monoisotopic (exact) mass is 978 g/mol. The van der Waals surface area contributed by atoms with Gasteiger partial charge in [-0.3, -0.25) is 24.0 Å². The molecule has 69 heavy (non-hydrogen) atoms. The minimum absolute atomic E-state index is 0.0765. The second kappa shape index (κ2) is 31.9.